The maximum Gasteiger partial charge on any atom is 0.254 e. The number of aryl methyl sites for hydroxylation is 2. The van der Waals surface area contributed by atoms with Crippen LogP contribution in [0.5, 0.6) is 0 Å². The van der Waals surface area contributed by atoms with Gasteiger partial charge in [0.15, 0.2) is 5.82 Å². The Balaban J connectivity index is 1.91. The van der Waals surface area contributed by atoms with E-state index in [0.717, 1.165) is 33.4 Å². The average Bonchev–Trinajstić information content (AvgIpc) is 3.17. The van der Waals surface area contributed by atoms with Gasteiger partial charge in [-0.3, -0.25) is 4.79 Å². The van der Waals surface area contributed by atoms with Crippen molar-refractivity contribution >= 4 is 16.8 Å². The number of nitrogens with zero attached hydrogens (tertiary/aromatic N) is 5. The number of carbonyl (C=O) groups excluding carboxylic acids is 1. The molecule has 0 spiro atoms. The Kier molecular flexibility index (Phi) is 4.39. The summed E-state index contributed by atoms with van der Waals surface area (Å²) in [6.07, 6.45) is 5.35. The van der Waals surface area contributed by atoms with Gasteiger partial charge >= 0.3 is 0 Å². The van der Waals surface area contributed by atoms with Crippen molar-refractivity contribution < 1.29 is 4.79 Å². The van der Waals surface area contributed by atoms with Crippen molar-refractivity contribution in [2.45, 2.75) is 13.8 Å². The maximum absolute atomic E-state index is 12.9. The van der Waals surface area contributed by atoms with Gasteiger partial charge in [-0.2, -0.15) is 5.10 Å². The Morgan fingerprint density at radius 1 is 1.11 bits per heavy atom. The number of benzene rings is 1. The third-order valence-corrected chi connectivity index (χ3v) is 4.65. The molecule has 0 saturated heterocycles. The quantitative estimate of drug-likeness (QED) is 0.549. The molecule has 3 aromatic heterocycles. The van der Waals surface area contributed by atoms with Gasteiger partial charge in [-0.1, -0.05) is 12.1 Å². The molecule has 0 aliphatic heterocycles. The second-order valence-corrected chi connectivity index (χ2v) is 7.09. The molecule has 6 heteroatoms. The van der Waals surface area contributed by atoms with Crippen LogP contribution >= 0.6 is 0 Å². The fourth-order valence-corrected chi connectivity index (χ4v) is 3.38. The van der Waals surface area contributed by atoms with Crippen molar-refractivity contribution in [2.75, 3.05) is 14.1 Å². The van der Waals surface area contributed by atoms with Crippen molar-refractivity contribution in [1.82, 2.24) is 24.6 Å². The highest BCUT2D eigenvalue weighted by Gasteiger charge is 2.18. The Morgan fingerprint density at radius 3 is 2.64 bits per heavy atom. The maximum atomic E-state index is 12.9. The van der Waals surface area contributed by atoms with Crippen LogP contribution in [0.1, 0.15) is 21.5 Å². The first-order chi connectivity index (χ1) is 13.4. The fourth-order valence-electron chi connectivity index (χ4n) is 3.38. The van der Waals surface area contributed by atoms with E-state index >= 15 is 0 Å². The van der Waals surface area contributed by atoms with Gasteiger partial charge in [0.05, 0.1) is 23.0 Å². The van der Waals surface area contributed by atoms with E-state index in [1.54, 1.807) is 36.1 Å². The lowest BCUT2D eigenvalue weighted by molar-refractivity contribution is 0.0829. The van der Waals surface area contributed by atoms with Crippen LogP contribution in [-0.2, 0) is 0 Å². The van der Waals surface area contributed by atoms with Gasteiger partial charge in [-0.05, 0) is 49.2 Å². The van der Waals surface area contributed by atoms with E-state index in [4.69, 9.17) is 4.98 Å². The lowest BCUT2D eigenvalue weighted by Crippen LogP contribution is -2.22. The molecule has 0 atom stereocenters. The number of rotatable bonds is 3. The Labute approximate surface area is 163 Å². The first-order valence-electron chi connectivity index (χ1n) is 9.04. The van der Waals surface area contributed by atoms with Crippen molar-refractivity contribution in [2.24, 2.45) is 0 Å². The first kappa shape index (κ1) is 17.9. The number of carbonyl (C=O) groups is 1. The normalized spacial score (nSPS) is 11.0. The summed E-state index contributed by atoms with van der Waals surface area (Å²) in [4.78, 5) is 23.6. The van der Waals surface area contributed by atoms with Crippen LogP contribution < -0.4 is 0 Å². The van der Waals surface area contributed by atoms with Crippen LogP contribution in [0.25, 0.3) is 28.0 Å². The van der Waals surface area contributed by atoms with Gasteiger partial charge in [-0.15, -0.1) is 0 Å². The largest absolute Gasteiger partial charge is 0.345 e. The third kappa shape index (κ3) is 3.13. The van der Waals surface area contributed by atoms with E-state index in [9.17, 15) is 4.79 Å². The number of hydrogen-bond donors (Lipinski definition) is 0. The molecule has 0 N–H and O–H groups in total. The highest BCUT2D eigenvalue weighted by atomic mass is 16.2. The van der Waals surface area contributed by atoms with Crippen LogP contribution in [0.4, 0.5) is 0 Å². The minimum absolute atomic E-state index is 0.0438. The zero-order valence-electron chi connectivity index (χ0n) is 16.3. The first-order valence-corrected chi connectivity index (χ1v) is 9.04. The molecule has 0 aliphatic rings. The monoisotopic (exact) mass is 371 g/mol. The second kappa shape index (κ2) is 6.88. The fraction of sp³-hybridized carbons (Fsp3) is 0.182. The topological polar surface area (TPSA) is 63.9 Å². The van der Waals surface area contributed by atoms with Crippen molar-refractivity contribution in [3.8, 4) is 17.1 Å². The zero-order chi connectivity index (χ0) is 19.8. The summed E-state index contributed by atoms with van der Waals surface area (Å²) < 4.78 is 1.70. The van der Waals surface area contributed by atoms with E-state index in [-0.39, 0.29) is 5.91 Å². The number of amides is 1. The molecule has 4 rings (SSSR count). The molecule has 1 aromatic carbocycles. The predicted octanol–water partition coefficient (Wildman–Crippen LogP) is 3.80. The van der Waals surface area contributed by atoms with Crippen LogP contribution in [0.3, 0.4) is 0 Å². The smallest absolute Gasteiger partial charge is 0.254 e. The molecule has 28 heavy (non-hydrogen) atoms. The lowest BCUT2D eigenvalue weighted by Gasteiger charge is -2.15. The zero-order valence-corrected chi connectivity index (χ0v) is 16.3. The molecular formula is C22H21N5O. The Hall–Kier alpha value is -3.54. The predicted molar refractivity (Wildman–Crippen MR) is 110 cm³/mol. The average molecular weight is 371 g/mol. The van der Waals surface area contributed by atoms with Crippen LogP contribution in [-0.4, -0.2) is 44.7 Å². The Morgan fingerprint density at radius 2 is 1.93 bits per heavy atom. The Bertz CT molecular complexity index is 1180. The summed E-state index contributed by atoms with van der Waals surface area (Å²) in [5.41, 5.74) is 5.16. The van der Waals surface area contributed by atoms with Gasteiger partial charge in [0, 0.05) is 37.4 Å². The summed E-state index contributed by atoms with van der Waals surface area (Å²) in [6, 6.07) is 11.6. The molecule has 140 valence electrons. The number of pyridine rings is 2. The minimum atomic E-state index is -0.0438. The molecular weight excluding hydrogens is 350 g/mol. The SMILES string of the molecule is Cc1cc(C)c2c(C(=O)N(C)C)cc(-c3cnn(-c4ccccn4)c3)nc2c1. The number of hydrogen-bond acceptors (Lipinski definition) is 4. The standard InChI is InChI=1S/C22H21N5O/c1-14-9-15(2)21-17(22(28)26(3)4)11-18(25-19(21)10-14)16-12-24-27(13-16)20-7-5-6-8-23-20/h5-13H,1-4H3. The highest BCUT2D eigenvalue weighted by molar-refractivity contribution is 6.08. The van der Waals surface area contributed by atoms with Crippen LogP contribution in [0.15, 0.2) is 55.0 Å². The summed E-state index contributed by atoms with van der Waals surface area (Å²) in [6.45, 7) is 4.05. The van der Waals surface area contributed by atoms with Gasteiger partial charge in [0.2, 0.25) is 0 Å². The molecule has 4 aromatic rings. The summed E-state index contributed by atoms with van der Waals surface area (Å²) in [7, 11) is 3.52. The summed E-state index contributed by atoms with van der Waals surface area (Å²) in [5, 5.41) is 5.30. The second-order valence-electron chi connectivity index (χ2n) is 7.09. The van der Waals surface area contributed by atoms with Crippen LogP contribution in [0, 0.1) is 13.8 Å². The molecule has 0 bridgehead atoms. The minimum Gasteiger partial charge on any atom is -0.345 e. The van der Waals surface area contributed by atoms with Crippen molar-refractivity contribution in [3.05, 3.63) is 71.7 Å². The lowest BCUT2D eigenvalue weighted by atomic mass is 9.99. The van der Waals surface area contributed by atoms with E-state index in [2.05, 4.69) is 16.1 Å². The molecule has 0 radical (unpaired) electrons. The molecule has 0 saturated carbocycles. The highest BCUT2D eigenvalue weighted by Crippen LogP contribution is 2.29. The molecule has 3 heterocycles. The summed E-state index contributed by atoms with van der Waals surface area (Å²) >= 11 is 0. The van der Waals surface area contributed by atoms with E-state index in [1.807, 2.05) is 50.4 Å². The number of fused-ring (bicyclic) bond motifs is 1. The summed E-state index contributed by atoms with van der Waals surface area (Å²) in [5.74, 6) is 0.684. The van der Waals surface area contributed by atoms with Crippen molar-refractivity contribution in [3.63, 3.8) is 0 Å². The molecule has 1 amide bonds. The van der Waals surface area contributed by atoms with E-state index in [0.29, 0.717) is 11.3 Å². The van der Waals surface area contributed by atoms with Crippen LogP contribution in [0.2, 0.25) is 0 Å². The van der Waals surface area contributed by atoms with Gasteiger partial charge in [-0.25, -0.2) is 14.6 Å². The van der Waals surface area contributed by atoms with E-state index < -0.39 is 0 Å². The molecule has 6 nitrogen and oxygen atoms in total. The van der Waals surface area contributed by atoms with E-state index in [1.165, 1.54) is 0 Å². The van der Waals surface area contributed by atoms with Crippen molar-refractivity contribution in [1.29, 1.82) is 0 Å². The molecule has 0 unspecified atom stereocenters. The molecule has 0 fully saturated rings. The van der Waals surface area contributed by atoms with Gasteiger partial charge in [0.1, 0.15) is 0 Å². The molecule has 0 aliphatic carbocycles. The number of aromatic nitrogens is 4. The van der Waals surface area contributed by atoms with Gasteiger partial charge in [0.25, 0.3) is 5.91 Å². The van der Waals surface area contributed by atoms with Gasteiger partial charge < -0.3 is 4.90 Å². The third-order valence-electron chi connectivity index (χ3n) is 4.65.